The summed E-state index contributed by atoms with van der Waals surface area (Å²) in [6.07, 6.45) is -0.568. The number of benzene rings is 1. The third-order valence-electron chi connectivity index (χ3n) is 2.91. The quantitative estimate of drug-likeness (QED) is 0.461. The van der Waals surface area contributed by atoms with Crippen molar-refractivity contribution in [2.24, 2.45) is 0 Å². The first kappa shape index (κ1) is 12.6. The first-order chi connectivity index (χ1) is 8.47. The second-order valence-corrected chi connectivity index (χ2v) is 4.25. The van der Waals surface area contributed by atoms with Crippen LogP contribution in [0.4, 0.5) is 0 Å². The van der Waals surface area contributed by atoms with Gasteiger partial charge in [0.2, 0.25) is 0 Å². The van der Waals surface area contributed by atoms with Gasteiger partial charge in [0.15, 0.2) is 6.10 Å². The van der Waals surface area contributed by atoms with E-state index in [0.717, 1.165) is 5.56 Å². The van der Waals surface area contributed by atoms with Crippen LogP contribution in [0.15, 0.2) is 24.3 Å². The van der Waals surface area contributed by atoms with Crippen molar-refractivity contribution in [3.05, 3.63) is 29.8 Å². The maximum atomic E-state index is 11.4. The van der Waals surface area contributed by atoms with Crippen molar-refractivity contribution in [1.82, 2.24) is 0 Å². The summed E-state index contributed by atoms with van der Waals surface area (Å²) < 4.78 is 14.9. The molecule has 0 spiro atoms. The molecule has 0 radical (unpaired) electrons. The van der Waals surface area contributed by atoms with E-state index < -0.39 is 11.7 Å². The normalized spacial score (nSPS) is 25.4. The van der Waals surface area contributed by atoms with Crippen molar-refractivity contribution in [2.45, 2.75) is 25.6 Å². The lowest BCUT2D eigenvalue weighted by atomic mass is 9.97. The topological polar surface area (TPSA) is 65.1 Å². The van der Waals surface area contributed by atoms with Gasteiger partial charge in [-0.1, -0.05) is 12.1 Å². The number of hydrogen-bond acceptors (Lipinski definition) is 5. The standard InChI is InChI=1S/C13H14O5/c1-8(14)17-10-6-4-9(5-7-10)13(2)11(18-13)12(15)16-3/h4-7,11H,1-3H3. The molecule has 2 atom stereocenters. The fourth-order valence-corrected chi connectivity index (χ4v) is 1.83. The molecule has 0 aromatic heterocycles. The predicted molar refractivity (Wildman–Crippen MR) is 62.0 cm³/mol. The minimum absolute atomic E-state index is 0.371. The first-order valence-corrected chi connectivity index (χ1v) is 5.52. The van der Waals surface area contributed by atoms with Crippen molar-refractivity contribution >= 4 is 11.9 Å². The van der Waals surface area contributed by atoms with Gasteiger partial charge in [-0.05, 0) is 24.6 Å². The van der Waals surface area contributed by atoms with E-state index in [4.69, 9.17) is 9.47 Å². The van der Waals surface area contributed by atoms with Crippen LogP contribution in [-0.4, -0.2) is 25.2 Å². The minimum Gasteiger partial charge on any atom is -0.467 e. The molecule has 0 saturated carbocycles. The Hall–Kier alpha value is -1.88. The molecule has 96 valence electrons. The van der Waals surface area contributed by atoms with Crippen LogP contribution in [0.3, 0.4) is 0 Å². The highest BCUT2D eigenvalue weighted by molar-refractivity contribution is 5.79. The predicted octanol–water partition coefficient (Wildman–Crippen LogP) is 1.40. The number of rotatable bonds is 3. The van der Waals surface area contributed by atoms with Crippen molar-refractivity contribution in [3.8, 4) is 5.75 Å². The zero-order valence-electron chi connectivity index (χ0n) is 10.4. The zero-order valence-corrected chi connectivity index (χ0v) is 10.4. The van der Waals surface area contributed by atoms with Crippen LogP contribution < -0.4 is 4.74 Å². The van der Waals surface area contributed by atoms with E-state index in [-0.39, 0.29) is 11.9 Å². The molecule has 0 amide bonds. The molecule has 1 aromatic rings. The van der Waals surface area contributed by atoms with Gasteiger partial charge in [0.25, 0.3) is 0 Å². The number of epoxide rings is 1. The molecule has 1 fully saturated rings. The van der Waals surface area contributed by atoms with Gasteiger partial charge in [0.1, 0.15) is 11.4 Å². The molecule has 1 aromatic carbocycles. The molecule has 2 unspecified atom stereocenters. The van der Waals surface area contributed by atoms with Gasteiger partial charge in [-0.25, -0.2) is 4.79 Å². The van der Waals surface area contributed by atoms with Gasteiger partial charge < -0.3 is 14.2 Å². The largest absolute Gasteiger partial charge is 0.467 e. The van der Waals surface area contributed by atoms with E-state index in [1.54, 1.807) is 24.3 Å². The lowest BCUT2D eigenvalue weighted by Crippen LogP contribution is -2.17. The molecule has 1 heterocycles. The van der Waals surface area contributed by atoms with Gasteiger partial charge >= 0.3 is 11.9 Å². The smallest absolute Gasteiger partial charge is 0.338 e. The van der Waals surface area contributed by atoms with Crippen LogP contribution in [0.1, 0.15) is 19.4 Å². The first-order valence-electron chi connectivity index (χ1n) is 5.52. The molecule has 2 rings (SSSR count). The molecule has 1 aliphatic heterocycles. The number of ether oxygens (including phenoxy) is 3. The second-order valence-electron chi connectivity index (χ2n) is 4.25. The second kappa shape index (κ2) is 4.42. The summed E-state index contributed by atoms with van der Waals surface area (Å²) in [7, 11) is 1.33. The van der Waals surface area contributed by atoms with E-state index in [0.29, 0.717) is 5.75 Å². The molecule has 0 N–H and O–H groups in total. The summed E-state index contributed by atoms with van der Waals surface area (Å²) >= 11 is 0. The lowest BCUT2D eigenvalue weighted by Gasteiger charge is -2.07. The van der Waals surface area contributed by atoms with Crippen LogP contribution in [0.2, 0.25) is 0 Å². The third kappa shape index (κ3) is 2.22. The Morgan fingerprint density at radius 1 is 1.28 bits per heavy atom. The average Bonchev–Trinajstić information content (AvgIpc) is 3.02. The molecule has 18 heavy (non-hydrogen) atoms. The Morgan fingerprint density at radius 2 is 1.89 bits per heavy atom. The Balaban J connectivity index is 2.11. The number of esters is 2. The highest BCUT2D eigenvalue weighted by Crippen LogP contribution is 2.46. The molecule has 1 saturated heterocycles. The molecule has 5 heteroatoms. The summed E-state index contributed by atoms with van der Waals surface area (Å²) in [6.45, 7) is 3.15. The average molecular weight is 250 g/mol. The molecule has 0 aliphatic carbocycles. The van der Waals surface area contributed by atoms with Crippen molar-refractivity contribution in [2.75, 3.05) is 7.11 Å². The van der Waals surface area contributed by atoms with Crippen LogP contribution in [0.25, 0.3) is 0 Å². The fraction of sp³-hybridized carbons (Fsp3) is 0.385. The third-order valence-corrected chi connectivity index (χ3v) is 2.91. The lowest BCUT2D eigenvalue weighted by molar-refractivity contribution is -0.142. The SMILES string of the molecule is COC(=O)C1OC1(C)c1ccc(OC(C)=O)cc1. The maximum Gasteiger partial charge on any atom is 0.338 e. The van der Waals surface area contributed by atoms with Gasteiger partial charge in [-0.3, -0.25) is 4.79 Å². The number of carbonyl (C=O) groups is 2. The minimum atomic E-state index is -0.651. The summed E-state index contributed by atoms with van der Waals surface area (Å²) in [5.74, 6) is -0.296. The van der Waals surface area contributed by atoms with Gasteiger partial charge in [0.05, 0.1) is 7.11 Å². The van der Waals surface area contributed by atoms with E-state index in [9.17, 15) is 9.59 Å². The van der Waals surface area contributed by atoms with E-state index >= 15 is 0 Å². The van der Waals surface area contributed by atoms with Crippen molar-refractivity contribution < 1.29 is 23.8 Å². The zero-order chi connectivity index (χ0) is 13.3. The van der Waals surface area contributed by atoms with Gasteiger partial charge in [-0.2, -0.15) is 0 Å². The monoisotopic (exact) mass is 250 g/mol. The summed E-state index contributed by atoms with van der Waals surface area (Å²) in [5.41, 5.74) is 0.191. The molecule has 5 nitrogen and oxygen atoms in total. The summed E-state index contributed by atoms with van der Waals surface area (Å²) in [5, 5.41) is 0. The molecular formula is C13H14O5. The van der Waals surface area contributed by atoms with E-state index in [1.165, 1.54) is 14.0 Å². The van der Waals surface area contributed by atoms with Crippen LogP contribution >= 0.6 is 0 Å². The Bertz CT molecular complexity index is 479. The van der Waals surface area contributed by atoms with E-state index in [1.807, 2.05) is 6.92 Å². The number of carbonyl (C=O) groups excluding carboxylic acids is 2. The summed E-state index contributed by atoms with van der Waals surface area (Å²) in [4.78, 5) is 22.1. The summed E-state index contributed by atoms with van der Waals surface area (Å²) in [6, 6.07) is 6.86. The Kier molecular flexibility index (Phi) is 3.09. The fourth-order valence-electron chi connectivity index (χ4n) is 1.83. The number of hydrogen-bond donors (Lipinski definition) is 0. The Morgan fingerprint density at radius 3 is 2.39 bits per heavy atom. The van der Waals surface area contributed by atoms with Crippen molar-refractivity contribution in [1.29, 1.82) is 0 Å². The molecule has 1 aliphatic rings. The van der Waals surface area contributed by atoms with Crippen LogP contribution in [0, 0.1) is 0 Å². The number of methoxy groups -OCH3 is 1. The molecule has 0 bridgehead atoms. The van der Waals surface area contributed by atoms with Crippen LogP contribution in [-0.2, 0) is 24.7 Å². The maximum absolute atomic E-state index is 11.4. The van der Waals surface area contributed by atoms with E-state index in [2.05, 4.69) is 4.74 Å². The van der Waals surface area contributed by atoms with Crippen molar-refractivity contribution in [3.63, 3.8) is 0 Å². The van der Waals surface area contributed by atoms with Crippen LogP contribution in [0.5, 0.6) is 5.75 Å². The Labute approximate surface area is 105 Å². The van der Waals surface area contributed by atoms with Gasteiger partial charge in [-0.15, -0.1) is 0 Å². The highest BCUT2D eigenvalue weighted by atomic mass is 16.6. The van der Waals surface area contributed by atoms with Gasteiger partial charge in [0, 0.05) is 6.92 Å². The highest BCUT2D eigenvalue weighted by Gasteiger charge is 2.59. The molecular weight excluding hydrogens is 236 g/mol.